The van der Waals surface area contributed by atoms with Gasteiger partial charge in [-0.05, 0) is 44.5 Å². The van der Waals surface area contributed by atoms with Gasteiger partial charge in [-0.2, -0.15) is 0 Å². The number of ether oxygens (including phenoxy) is 1. The molecule has 2 heterocycles. The van der Waals surface area contributed by atoms with Crippen LogP contribution in [0.2, 0.25) is 0 Å². The average molecular weight is 535 g/mol. The summed E-state index contributed by atoms with van der Waals surface area (Å²) in [5.74, 6) is -0.790. The fraction of sp³-hybridized carbons (Fsp3) is 0.316. The highest BCUT2D eigenvalue weighted by molar-refractivity contribution is 6.17. The molecule has 1 fully saturated rings. The summed E-state index contributed by atoms with van der Waals surface area (Å²) in [6, 6.07) is 30.2. The summed E-state index contributed by atoms with van der Waals surface area (Å²) < 4.78 is 6.64. The van der Waals surface area contributed by atoms with Crippen molar-refractivity contribution in [3.05, 3.63) is 141 Å². The summed E-state index contributed by atoms with van der Waals surface area (Å²) >= 11 is 0. The Hall–Kier alpha value is -3.82. The maximum absolute atomic E-state index is 13.8. The second-order valence-corrected chi connectivity index (χ2v) is 13.9. The Morgan fingerprint density at radius 1 is 0.512 bits per heavy atom. The molecule has 3 nitrogen and oxygen atoms in total. The van der Waals surface area contributed by atoms with Crippen molar-refractivity contribution >= 4 is 11.6 Å². The third-order valence-corrected chi connectivity index (χ3v) is 13.3. The molecule has 0 amide bonds. The van der Waals surface area contributed by atoms with Gasteiger partial charge in [0.1, 0.15) is 0 Å². The lowest BCUT2D eigenvalue weighted by Crippen LogP contribution is -2.51. The molecule has 0 N–H and O–H groups in total. The lowest BCUT2D eigenvalue weighted by Gasteiger charge is -2.49. The minimum Gasteiger partial charge on any atom is -0.364 e. The molecular formula is C38H30O3. The highest BCUT2D eigenvalue weighted by Gasteiger charge is 2.80. The molecule has 0 aromatic heterocycles. The maximum Gasteiger partial charge on any atom is 0.170 e. The molecule has 4 aromatic carbocycles. The topological polar surface area (TPSA) is 43.4 Å². The third-order valence-electron chi connectivity index (χ3n) is 13.3. The minimum atomic E-state index is -0.449. The van der Waals surface area contributed by atoms with Gasteiger partial charge in [0, 0.05) is 32.8 Å². The molecule has 2 bridgehead atoms. The number of Topliss-reactive ketones (excluding diaryl/α,β-unsaturated/α-hetero) is 2. The zero-order chi connectivity index (χ0) is 27.8. The SMILES string of the molecule is CC12c3ccccc3[C@@]3(C)c4cc5c(cc4[C@](C)(c4ccccc41)C23C)[C@@H]1O[C@H]5[C@H]2C(=O)c3ccccc3C(=O)[C@H]21. The van der Waals surface area contributed by atoms with Crippen molar-refractivity contribution in [2.45, 2.75) is 56.1 Å². The zero-order valence-corrected chi connectivity index (χ0v) is 23.6. The van der Waals surface area contributed by atoms with E-state index in [1.807, 2.05) is 12.1 Å². The van der Waals surface area contributed by atoms with Gasteiger partial charge in [0.15, 0.2) is 11.6 Å². The first-order chi connectivity index (χ1) is 19.7. The van der Waals surface area contributed by atoms with Gasteiger partial charge < -0.3 is 4.74 Å². The number of carbonyl (C=O) groups is 2. The maximum atomic E-state index is 13.8. The molecule has 200 valence electrons. The van der Waals surface area contributed by atoms with Crippen LogP contribution in [-0.2, 0) is 21.0 Å². The Kier molecular flexibility index (Phi) is 3.60. The van der Waals surface area contributed by atoms with Crippen LogP contribution < -0.4 is 0 Å². The molecule has 0 radical (unpaired) electrons. The molecule has 6 aliphatic rings. The predicted molar refractivity (Wildman–Crippen MR) is 155 cm³/mol. The summed E-state index contributed by atoms with van der Waals surface area (Å²) in [6.07, 6.45) is -0.759. The average Bonchev–Trinajstić information content (AvgIpc) is 3.69. The van der Waals surface area contributed by atoms with E-state index in [0.717, 1.165) is 11.1 Å². The number of fused-ring (bicyclic) bond motifs is 18. The summed E-state index contributed by atoms with van der Waals surface area (Å²) in [7, 11) is 0. The first-order valence-corrected chi connectivity index (χ1v) is 14.9. The number of rotatable bonds is 0. The Morgan fingerprint density at radius 3 is 1.24 bits per heavy atom. The Labute approximate surface area is 239 Å². The van der Waals surface area contributed by atoms with E-state index in [1.165, 1.54) is 33.4 Å². The van der Waals surface area contributed by atoms with E-state index >= 15 is 0 Å². The predicted octanol–water partition coefficient (Wildman–Crippen LogP) is 7.39. The van der Waals surface area contributed by atoms with Gasteiger partial charge in [0.05, 0.1) is 24.0 Å². The number of hydrogen-bond donors (Lipinski definition) is 0. The van der Waals surface area contributed by atoms with E-state index < -0.39 is 11.8 Å². The van der Waals surface area contributed by atoms with Crippen LogP contribution in [0.1, 0.15) is 105 Å². The Balaban J connectivity index is 1.27. The van der Waals surface area contributed by atoms with Crippen molar-refractivity contribution in [1.82, 2.24) is 0 Å². The van der Waals surface area contributed by atoms with E-state index in [9.17, 15) is 9.59 Å². The fourth-order valence-corrected chi connectivity index (χ4v) is 11.3. The van der Waals surface area contributed by atoms with E-state index in [2.05, 4.69) is 88.4 Å². The van der Waals surface area contributed by atoms with Crippen molar-refractivity contribution in [3.8, 4) is 0 Å². The van der Waals surface area contributed by atoms with Gasteiger partial charge in [-0.3, -0.25) is 9.59 Å². The van der Waals surface area contributed by atoms with Crippen molar-refractivity contribution in [3.63, 3.8) is 0 Å². The molecule has 2 unspecified atom stereocenters. The molecule has 10 rings (SSSR count). The summed E-state index contributed by atoms with van der Waals surface area (Å²) in [6.45, 7) is 9.91. The van der Waals surface area contributed by atoms with Crippen molar-refractivity contribution in [2.75, 3.05) is 0 Å². The number of hydrogen-bond acceptors (Lipinski definition) is 3. The Bertz CT molecular complexity index is 1830. The molecular weight excluding hydrogens is 504 g/mol. The molecule has 1 saturated heterocycles. The van der Waals surface area contributed by atoms with Gasteiger partial charge in [-0.15, -0.1) is 0 Å². The van der Waals surface area contributed by atoms with Gasteiger partial charge in [-0.25, -0.2) is 0 Å². The normalized spacial score (nSPS) is 39.1. The van der Waals surface area contributed by atoms with Crippen LogP contribution in [-0.4, -0.2) is 11.6 Å². The molecule has 41 heavy (non-hydrogen) atoms. The Morgan fingerprint density at radius 2 is 0.854 bits per heavy atom. The van der Waals surface area contributed by atoms with Crippen LogP contribution in [0.4, 0.5) is 0 Å². The lowest BCUT2D eigenvalue weighted by molar-refractivity contribution is 0.0508. The summed E-state index contributed by atoms with van der Waals surface area (Å²) in [5.41, 5.74) is 10.9. The van der Waals surface area contributed by atoms with Crippen LogP contribution in [0.3, 0.4) is 0 Å². The van der Waals surface area contributed by atoms with Crippen LogP contribution in [0, 0.1) is 17.3 Å². The van der Waals surface area contributed by atoms with Crippen molar-refractivity contribution in [2.24, 2.45) is 17.3 Å². The van der Waals surface area contributed by atoms with Crippen LogP contribution >= 0.6 is 0 Å². The third kappa shape index (κ3) is 1.93. The fourth-order valence-electron chi connectivity index (χ4n) is 11.3. The van der Waals surface area contributed by atoms with Gasteiger partial charge >= 0.3 is 0 Å². The monoisotopic (exact) mass is 534 g/mol. The molecule has 8 atom stereocenters. The lowest BCUT2D eigenvalue weighted by atomic mass is 9.52. The zero-order valence-electron chi connectivity index (χ0n) is 23.6. The van der Waals surface area contributed by atoms with Gasteiger partial charge in [0.2, 0.25) is 0 Å². The highest BCUT2D eigenvalue weighted by Crippen LogP contribution is 2.82. The number of benzene rings is 4. The quantitative estimate of drug-likeness (QED) is 0.236. The largest absolute Gasteiger partial charge is 0.364 e. The first kappa shape index (κ1) is 22.8. The standard InChI is InChI=1S/C38H30O3/c1-35-23-13-7-9-15-25(23)36(2)27-17-21-22(18-28(27)37(3,38(35,36)4)26-16-10-8-14-24(26)35)34-30-29(33(21)41-34)31(39)19-11-5-6-12-20(19)32(30)40/h5-18,29-30,33-34H,1-4H3/t29-,30+,33-,34+,35?,36-,37-,38?/m0/s1. The molecule has 3 heteroatoms. The smallest absolute Gasteiger partial charge is 0.170 e. The van der Waals surface area contributed by atoms with E-state index in [0.29, 0.717) is 11.1 Å². The molecule has 2 aliphatic heterocycles. The first-order valence-electron chi connectivity index (χ1n) is 14.9. The minimum absolute atomic E-state index is 0.0542. The second kappa shape index (κ2) is 6.47. The molecule has 0 saturated carbocycles. The molecule has 0 spiro atoms. The number of ketones is 2. The van der Waals surface area contributed by atoms with Crippen molar-refractivity contribution < 1.29 is 14.3 Å². The van der Waals surface area contributed by atoms with E-state index in [4.69, 9.17) is 4.74 Å². The highest BCUT2D eigenvalue weighted by atomic mass is 16.5. The summed E-state index contributed by atoms with van der Waals surface area (Å²) in [4.78, 5) is 27.7. The van der Waals surface area contributed by atoms with Crippen LogP contribution in [0.15, 0.2) is 84.9 Å². The van der Waals surface area contributed by atoms with Gasteiger partial charge in [0.25, 0.3) is 0 Å². The van der Waals surface area contributed by atoms with Gasteiger partial charge in [-0.1, -0.05) is 113 Å². The molecule has 4 aliphatic carbocycles. The van der Waals surface area contributed by atoms with E-state index in [1.54, 1.807) is 12.1 Å². The summed E-state index contributed by atoms with van der Waals surface area (Å²) in [5, 5.41) is 0. The van der Waals surface area contributed by atoms with Crippen molar-refractivity contribution in [1.29, 1.82) is 0 Å². The van der Waals surface area contributed by atoms with Crippen LogP contribution in [0.25, 0.3) is 0 Å². The second-order valence-electron chi connectivity index (χ2n) is 13.9. The molecule has 4 aromatic rings. The number of carbonyl (C=O) groups excluding carboxylic acids is 2. The van der Waals surface area contributed by atoms with E-state index in [-0.39, 0.29) is 45.4 Å². The van der Waals surface area contributed by atoms with Crippen LogP contribution in [0.5, 0.6) is 0 Å².